The Labute approximate surface area is 191 Å². The first-order valence-electron chi connectivity index (χ1n) is 10.4. The first-order valence-corrected chi connectivity index (χ1v) is 12.1. The molecular formula is C24H28N2O3S2. The zero-order valence-corrected chi connectivity index (χ0v) is 20.2. The highest BCUT2D eigenvalue weighted by atomic mass is 32.1. The molecule has 0 spiro atoms. The summed E-state index contributed by atoms with van der Waals surface area (Å²) in [4.78, 5) is 19.0. The minimum atomic E-state index is -0.0785. The van der Waals surface area contributed by atoms with Gasteiger partial charge in [0.15, 0.2) is 5.13 Å². The van der Waals surface area contributed by atoms with Crippen LogP contribution in [0.3, 0.4) is 0 Å². The van der Waals surface area contributed by atoms with Gasteiger partial charge in [0.25, 0.3) is 5.91 Å². The zero-order chi connectivity index (χ0) is 22.2. The maximum absolute atomic E-state index is 13.0. The second-order valence-electron chi connectivity index (χ2n) is 8.92. The maximum Gasteiger partial charge on any atom is 0.258 e. The summed E-state index contributed by atoms with van der Waals surface area (Å²) < 4.78 is 10.8. The largest absolute Gasteiger partial charge is 0.497 e. The smallest absolute Gasteiger partial charge is 0.258 e. The van der Waals surface area contributed by atoms with Gasteiger partial charge in [0.05, 0.1) is 25.5 Å². The van der Waals surface area contributed by atoms with Crippen molar-refractivity contribution in [1.29, 1.82) is 0 Å². The molecular weight excluding hydrogens is 428 g/mol. The standard InChI is InChI=1S/C24H28N2O3S2/c1-24(2,3)14-6-8-16-18(12-30-21(16)10-14)22(27)26-23-25-19(13-31-23)17-11-15(28-4)7-9-20(17)29-5/h7,9,11-14H,6,8,10H2,1-5H3,(H,25,26,27). The minimum absolute atomic E-state index is 0.0785. The summed E-state index contributed by atoms with van der Waals surface area (Å²) >= 11 is 3.12. The first-order chi connectivity index (χ1) is 14.8. The van der Waals surface area contributed by atoms with E-state index in [1.807, 2.05) is 29.0 Å². The number of fused-ring (bicyclic) bond motifs is 1. The number of ether oxygens (including phenoxy) is 2. The molecule has 2 aromatic heterocycles. The molecule has 1 aromatic carbocycles. The molecule has 1 N–H and O–H groups in total. The summed E-state index contributed by atoms with van der Waals surface area (Å²) in [6.07, 6.45) is 3.16. The monoisotopic (exact) mass is 456 g/mol. The van der Waals surface area contributed by atoms with Crippen LogP contribution in [-0.2, 0) is 12.8 Å². The third-order valence-electron chi connectivity index (χ3n) is 6.03. The molecule has 5 nitrogen and oxygen atoms in total. The summed E-state index contributed by atoms with van der Waals surface area (Å²) in [5, 5.41) is 7.50. The van der Waals surface area contributed by atoms with Crippen LogP contribution < -0.4 is 14.8 Å². The van der Waals surface area contributed by atoms with Gasteiger partial charge in [0.1, 0.15) is 11.5 Å². The van der Waals surface area contributed by atoms with Crippen LogP contribution >= 0.6 is 22.7 Å². The van der Waals surface area contributed by atoms with Gasteiger partial charge in [-0.2, -0.15) is 0 Å². The number of methoxy groups -OCH3 is 2. The minimum Gasteiger partial charge on any atom is -0.497 e. The van der Waals surface area contributed by atoms with E-state index < -0.39 is 0 Å². The molecule has 4 rings (SSSR count). The van der Waals surface area contributed by atoms with Gasteiger partial charge >= 0.3 is 0 Å². The van der Waals surface area contributed by atoms with Gasteiger partial charge < -0.3 is 9.47 Å². The predicted molar refractivity (Wildman–Crippen MR) is 128 cm³/mol. The van der Waals surface area contributed by atoms with Crippen LogP contribution in [0.15, 0.2) is 29.0 Å². The highest BCUT2D eigenvalue weighted by Crippen LogP contribution is 2.41. The molecule has 1 amide bonds. The number of carbonyl (C=O) groups excluding carboxylic acids is 1. The number of rotatable bonds is 5. The zero-order valence-electron chi connectivity index (χ0n) is 18.6. The molecule has 2 heterocycles. The fourth-order valence-electron chi connectivity index (χ4n) is 4.08. The number of anilines is 1. The summed E-state index contributed by atoms with van der Waals surface area (Å²) in [6.45, 7) is 6.92. The Morgan fingerprint density at radius 1 is 1.16 bits per heavy atom. The van der Waals surface area contributed by atoms with Crippen LogP contribution in [0.5, 0.6) is 11.5 Å². The van der Waals surface area contributed by atoms with Gasteiger partial charge in [-0.1, -0.05) is 20.8 Å². The van der Waals surface area contributed by atoms with Crippen molar-refractivity contribution in [3.05, 3.63) is 45.0 Å². The van der Waals surface area contributed by atoms with Crippen LogP contribution in [-0.4, -0.2) is 25.1 Å². The van der Waals surface area contributed by atoms with Crippen LogP contribution in [0.1, 0.15) is 48.0 Å². The topological polar surface area (TPSA) is 60.5 Å². The van der Waals surface area contributed by atoms with Gasteiger partial charge in [0.2, 0.25) is 0 Å². The predicted octanol–water partition coefficient (Wildman–Crippen LogP) is 6.29. The average Bonchev–Trinajstić information content (AvgIpc) is 3.39. The molecule has 0 bridgehead atoms. The summed E-state index contributed by atoms with van der Waals surface area (Å²) in [5.41, 5.74) is 3.89. The normalized spacial score (nSPS) is 16.0. The Kier molecular flexibility index (Phi) is 6.08. The molecule has 1 unspecified atom stereocenters. The third kappa shape index (κ3) is 4.48. The summed E-state index contributed by atoms with van der Waals surface area (Å²) in [6, 6.07) is 5.59. The lowest BCUT2D eigenvalue weighted by atomic mass is 9.72. The van der Waals surface area contributed by atoms with E-state index in [0.29, 0.717) is 22.2 Å². The highest BCUT2D eigenvalue weighted by Gasteiger charge is 2.31. The van der Waals surface area contributed by atoms with Crippen LogP contribution in [0, 0.1) is 11.3 Å². The van der Waals surface area contributed by atoms with Gasteiger partial charge in [0, 0.05) is 21.2 Å². The van der Waals surface area contributed by atoms with E-state index in [4.69, 9.17) is 9.47 Å². The van der Waals surface area contributed by atoms with Crippen molar-refractivity contribution in [2.24, 2.45) is 11.3 Å². The summed E-state index contributed by atoms with van der Waals surface area (Å²) in [5.74, 6) is 2.02. The number of aromatic nitrogens is 1. The second kappa shape index (κ2) is 8.63. The number of nitrogens with one attached hydrogen (secondary N) is 1. The van der Waals surface area contributed by atoms with Crippen molar-refractivity contribution in [1.82, 2.24) is 4.98 Å². The lowest BCUT2D eigenvalue weighted by Crippen LogP contribution is -2.27. The SMILES string of the molecule is COc1ccc(OC)c(-c2csc(NC(=O)c3csc4c3CCC(C(C)(C)C)C4)n2)c1. The number of hydrogen-bond donors (Lipinski definition) is 1. The van der Waals surface area contributed by atoms with E-state index in [1.54, 1.807) is 25.6 Å². The van der Waals surface area contributed by atoms with Crippen LogP contribution in [0.2, 0.25) is 0 Å². The summed E-state index contributed by atoms with van der Waals surface area (Å²) in [7, 11) is 3.26. The molecule has 0 fully saturated rings. The van der Waals surface area contributed by atoms with Gasteiger partial charge in [-0.3, -0.25) is 10.1 Å². The van der Waals surface area contributed by atoms with E-state index in [9.17, 15) is 4.79 Å². The van der Waals surface area contributed by atoms with Crippen molar-refractivity contribution in [2.75, 3.05) is 19.5 Å². The Bertz CT molecular complexity index is 1090. The second-order valence-corrected chi connectivity index (χ2v) is 10.7. The lowest BCUT2D eigenvalue weighted by Gasteiger charge is -2.34. The van der Waals surface area contributed by atoms with Crippen molar-refractivity contribution in [2.45, 2.75) is 40.0 Å². The molecule has 1 aliphatic rings. The number of hydrogen-bond acceptors (Lipinski definition) is 6. The number of thiazole rings is 1. The fraction of sp³-hybridized carbons (Fsp3) is 0.417. The number of thiophene rings is 1. The Morgan fingerprint density at radius 2 is 1.97 bits per heavy atom. The van der Waals surface area contributed by atoms with Crippen molar-refractivity contribution < 1.29 is 14.3 Å². The van der Waals surface area contributed by atoms with Gasteiger partial charge in [-0.15, -0.1) is 22.7 Å². The Balaban J connectivity index is 1.52. The highest BCUT2D eigenvalue weighted by molar-refractivity contribution is 7.14. The number of amides is 1. The third-order valence-corrected chi connectivity index (χ3v) is 7.84. The molecule has 1 aliphatic carbocycles. The van der Waals surface area contributed by atoms with Crippen molar-refractivity contribution >= 4 is 33.7 Å². The number of carbonyl (C=O) groups is 1. The van der Waals surface area contributed by atoms with Crippen molar-refractivity contribution in [3.63, 3.8) is 0 Å². The van der Waals surface area contributed by atoms with Gasteiger partial charge in [-0.05, 0) is 54.4 Å². The molecule has 3 aromatic rings. The fourth-order valence-corrected chi connectivity index (χ4v) is 5.94. The van der Waals surface area contributed by atoms with Crippen LogP contribution in [0.25, 0.3) is 11.3 Å². The molecule has 0 radical (unpaired) electrons. The molecule has 1 atom stereocenters. The van der Waals surface area contributed by atoms with E-state index in [-0.39, 0.29) is 5.91 Å². The maximum atomic E-state index is 13.0. The number of nitrogens with zero attached hydrogens (tertiary/aromatic N) is 1. The van der Waals surface area contributed by atoms with Gasteiger partial charge in [-0.25, -0.2) is 4.98 Å². The molecule has 0 saturated heterocycles. The van der Waals surface area contributed by atoms with Crippen molar-refractivity contribution in [3.8, 4) is 22.8 Å². The Hall–Kier alpha value is -2.38. The number of benzene rings is 1. The lowest BCUT2D eigenvalue weighted by molar-refractivity contribution is 0.102. The van der Waals surface area contributed by atoms with E-state index in [2.05, 4.69) is 31.1 Å². The average molecular weight is 457 g/mol. The van der Waals surface area contributed by atoms with Crippen LogP contribution in [0.4, 0.5) is 5.13 Å². The molecule has 164 valence electrons. The molecule has 0 aliphatic heterocycles. The van der Waals surface area contributed by atoms with E-state index >= 15 is 0 Å². The quantitative estimate of drug-likeness (QED) is 0.490. The molecule has 31 heavy (non-hydrogen) atoms. The molecule has 0 saturated carbocycles. The first kappa shape index (κ1) is 21.8. The Morgan fingerprint density at radius 3 is 2.68 bits per heavy atom. The van der Waals surface area contributed by atoms with E-state index in [1.165, 1.54) is 21.8 Å². The molecule has 7 heteroatoms. The van der Waals surface area contributed by atoms with E-state index in [0.717, 1.165) is 41.8 Å².